The van der Waals surface area contributed by atoms with Crippen LogP contribution in [0.5, 0.6) is 0 Å². The average molecular weight is 326 g/mol. The Morgan fingerprint density at radius 3 is 2.57 bits per heavy atom. The van der Waals surface area contributed by atoms with Gasteiger partial charge in [-0.3, -0.25) is 9.59 Å². The fourth-order valence-corrected chi connectivity index (χ4v) is 2.46. The van der Waals surface area contributed by atoms with E-state index < -0.39 is 5.91 Å². The highest BCUT2D eigenvalue weighted by atomic mass is 35.5. The smallest absolute Gasteiger partial charge is 0.260 e. The van der Waals surface area contributed by atoms with E-state index in [0.717, 1.165) is 10.6 Å². The standard InChI is InChI=1S/C14H15N3O2S.ClH/c15-14(19)11-9-17-13(20-11)6-7-16-12(18)8-10-4-2-1-3-5-10;/h1-5,9H,6-8H2,(H2,15,19)(H,16,18);1H. The van der Waals surface area contributed by atoms with Gasteiger partial charge in [0.2, 0.25) is 5.91 Å². The number of thiazole rings is 1. The number of amides is 2. The SMILES string of the molecule is Cl.NC(=O)c1cnc(CCNC(=O)Cc2ccccc2)s1. The van der Waals surface area contributed by atoms with Gasteiger partial charge in [0.25, 0.3) is 5.91 Å². The molecule has 0 radical (unpaired) electrons. The second-order valence-corrected chi connectivity index (χ2v) is 5.36. The molecule has 3 N–H and O–H groups in total. The minimum absolute atomic E-state index is 0. The number of carbonyl (C=O) groups is 2. The van der Waals surface area contributed by atoms with E-state index in [4.69, 9.17) is 5.73 Å². The van der Waals surface area contributed by atoms with Crippen molar-refractivity contribution in [3.63, 3.8) is 0 Å². The topological polar surface area (TPSA) is 85.1 Å². The number of nitrogens with zero attached hydrogens (tertiary/aromatic N) is 1. The molecule has 2 amide bonds. The molecule has 0 aliphatic heterocycles. The Balaban J connectivity index is 0.00000220. The molecule has 1 heterocycles. The van der Waals surface area contributed by atoms with Gasteiger partial charge in [0.15, 0.2) is 0 Å². The first-order valence-corrected chi connectivity index (χ1v) is 7.02. The summed E-state index contributed by atoms with van der Waals surface area (Å²) in [5.41, 5.74) is 6.13. The number of primary amides is 1. The Morgan fingerprint density at radius 1 is 1.24 bits per heavy atom. The molecule has 5 nitrogen and oxygen atoms in total. The summed E-state index contributed by atoms with van der Waals surface area (Å²) in [4.78, 5) is 27.2. The zero-order chi connectivity index (χ0) is 14.4. The Bertz CT molecular complexity index is 601. The van der Waals surface area contributed by atoms with Gasteiger partial charge in [-0.1, -0.05) is 30.3 Å². The molecule has 0 spiro atoms. The summed E-state index contributed by atoms with van der Waals surface area (Å²) < 4.78 is 0. The molecule has 0 atom stereocenters. The van der Waals surface area contributed by atoms with Crippen LogP contribution in [0.4, 0.5) is 0 Å². The van der Waals surface area contributed by atoms with Crippen molar-refractivity contribution in [2.24, 2.45) is 5.73 Å². The van der Waals surface area contributed by atoms with Gasteiger partial charge in [-0.15, -0.1) is 23.7 Å². The van der Waals surface area contributed by atoms with Crippen LogP contribution in [-0.2, 0) is 17.6 Å². The third kappa shape index (κ3) is 5.53. The summed E-state index contributed by atoms with van der Waals surface area (Å²) >= 11 is 1.26. The Hall–Kier alpha value is -1.92. The lowest BCUT2D eigenvalue weighted by Crippen LogP contribution is -2.27. The van der Waals surface area contributed by atoms with E-state index in [0.29, 0.717) is 24.3 Å². The van der Waals surface area contributed by atoms with E-state index in [1.165, 1.54) is 17.5 Å². The second kappa shape index (κ2) is 8.39. The minimum Gasteiger partial charge on any atom is -0.365 e. The molecule has 0 saturated carbocycles. The minimum atomic E-state index is -0.470. The number of aromatic nitrogens is 1. The van der Waals surface area contributed by atoms with E-state index in [1.54, 1.807) is 0 Å². The van der Waals surface area contributed by atoms with Crippen LogP contribution in [0.3, 0.4) is 0 Å². The molecule has 0 aliphatic carbocycles. The third-order valence-electron chi connectivity index (χ3n) is 2.66. The van der Waals surface area contributed by atoms with Crippen molar-refractivity contribution >= 4 is 35.6 Å². The maximum atomic E-state index is 11.7. The lowest BCUT2D eigenvalue weighted by molar-refractivity contribution is -0.120. The van der Waals surface area contributed by atoms with Crippen molar-refractivity contribution in [1.29, 1.82) is 0 Å². The summed E-state index contributed by atoms with van der Waals surface area (Å²) in [7, 11) is 0. The van der Waals surface area contributed by atoms with Crippen LogP contribution in [0.25, 0.3) is 0 Å². The maximum absolute atomic E-state index is 11.7. The molecule has 2 aromatic rings. The number of nitrogens with one attached hydrogen (secondary N) is 1. The average Bonchev–Trinajstić information content (AvgIpc) is 2.89. The van der Waals surface area contributed by atoms with Crippen molar-refractivity contribution in [1.82, 2.24) is 10.3 Å². The van der Waals surface area contributed by atoms with Crippen molar-refractivity contribution in [2.45, 2.75) is 12.8 Å². The van der Waals surface area contributed by atoms with Crippen LogP contribution < -0.4 is 11.1 Å². The van der Waals surface area contributed by atoms with Crippen molar-refractivity contribution < 1.29 is 9.59 Å². The number of rotatable bonds is 6. The van der Waals surface area contributed by atoms with Gasteiger partial charge in [-0.05, 0) is 5.56 Å². The lowest BCUT2D eigenvalue weighted by Gasteiger charge is -2.03. The highest BCUT2D eigenvalue weighted by Crippen LogP contribution is 2.12. The van der Waals surface area contributed by atoms with Gasteiger partial charge in [-0.2, -0.15) is 0 Å². The summed E-state index contributed by atoms with van der Waals surface area (Å²) in [6.45, 7) is 0.497. The molecule has 21 heavy (non-hydrogen) atoms. The van der Waals surface area contributed by atoms with Gasteiger partial charge >= 0.3 is 0 Å². The molecule has 0 fully saturated rings. The highest BCUT2D eigenvalue weighted by molar-refractivity contribution is 7.13. The normalized spacial score (nSPS) is 9.71. The molecule has 0 bridgehead atoms. The molecule has 0 unspecified atom stereocenters. The molecule has 2 rings (SSSR count). The van der Waals surface area contributed by atoms with Gasteiger partial charge in [0, 0.05) is 13.0 Å². The summed E-state index contributed by atoms with van der Waals surface area (Å²) in [6, 6.07) is 9.56. The van der Waals surface area contributed by atoms with Crippen LogP contribution in [0.2, 0.25) is 0 Å². The fraction of sp³-hybridized carbons (Fsp3) is 0.214. The van der Waals surface area contributed by atoms with Crippen LogP contribution in [-0.4, -0.2) is 23.3 Å². The Kier molecular flexibility index (Phi) is 6.84. The quantitative estimate of drug-likeness (QED) is 0.845. The van der Waals surface area contributed by atoms with E-state index >= 15 is 0 Å². The number of carbonyl (C=O) groups excluding carboxylic acids is 2. The molecule has 1 aromatic carbocycles. The summed E-state index contributed by atoms with van der Waals surface area (Å²) in [5.74, 6) is -0.496. The first-order valence-electron chi connectivity index (χ1n) is 6.20. The Labute approximate surface area is 133 Å². The number of hydrogen-bond acceptors (Lipinski definition) is 4. The van der Waals surface area contributed by atoms with Crippen molar-refractivity contribution in [3.05, 3.63) is 52.0 Å². The molecule has 112 valence electrons. The van der Waals surface area contributed by atoms with Gasteiger partial charge in [0.05, 0.1) is 17.6 Å². The van der Waals surface area contributed by atoms with Crippen molar-refractivity contribution in [3.8, 4) is 0 Å². The Morgan fingerprint density at radius 2 is 1.95 bits per heavy atom. The van der Waals surface area contributed by atoms with Crippen LogP contribution in [0.1, 0.15) is 20.2 Å². The van der Waals surface area contributed by atoms with E-state index in [2.05, 4.69) is 10.3 Å². The second-order valence-electron chi connectivity index (χ2n) is 4.24. The molecule has 0 aliphatic rings. The number of halogens is 1. The molecular formula is C14H16ClN3O2S. The van der Waals surface area contributed by atoms with Crippen LogP contribution >= 0.6 is 23.7 Å². The van der Waals surface area contributed by atoms with Crippen LogP contribution in [0, 0.1) is 0 Å². The van der Waals surface area contributed by atoms with Crippen LogP contribution in [0.15, 0.2) is 36.5 Å². The third-order valence-corrected chi connectivity index (χ3v) is 3.74. The van der Waals surface area contributed by atoms with E-state index in [1.807, 2.05) is 30.3 Å². The van der Waals surface area contributed by atoms with Crippen molar-refractivity contribution in [2.75, 3.05) is 6.54 Å². The molecule has 7 heteroatoms. The first kappa shape index (κ1) is 17.1. The fourth-order valence-electron chi connectivity index (χ4n) is 1.69. The monoisotopic (exact) mass is 325 g/mol. The molecule has 0 saturated heterocycles. The zero-order valence-electron chi connectivity index (χ0n) is 11.2. The maximum Gasteiger partial charge on any atom is 0.260 e. The van der Waals surface area contributed by atoms with Gasteiger partial charge in [0.1, 0.15) is 4.88 Å². The largest absolute Gasteiger partial charge is 0.365 e. The summed E-state index contributed by atoms with van der Waals surface area (Å²) in [6.07, 6.45) is 2.43. The van der Waals surface area contributed by atoms with Gasteiger partial charge in [-0.25, -0.2) is 4.98 Å². The number of benzene rings is 1. The zero-order valence-corrected chi connectivity index (χ0v) is 12.9. The lowest BCUT2D eigenvalue weighted by atomic mass is 10.1. The number of nitrogens with two attached hydrogens (primary N) is 1. The van der Waals surface area contributed by atoms with Gasteiger partial charge < -0.3 is 11.1 Å². The first-order chi connectivity index (χ1) is 9.65. The van der Waals surface area contributed by atoms with E-state index in [9.17, 15) is 9.59 Å². The number of hydrogen-bond donors (Lipinski definition) is 2. The predicted molar refractivity (Wildman–Crippen MR) is 84.7 cm³/mol. The summed E-state index contributed by atoms with van der Waals surface area (Å²) in [5, 5.41) is 3.62. The highest BCUT2D eigenvalue weighted by Gasteiger charge is 2.07. The molecular weight excluding hydrogens is 310 g/mol. The van der Waals surface area contributed by atoms with E-state index in [-0.39, 0.29) is 18.3 Å². The molecule has 1 aromatic heterocycles. The predicted octanol–water partition coefficient (Wildman–Crippen LogP) is 1.57.